The topological polar surface area (TPSA) is 17.1 Å². The van der Waals surface area contributed by atoms with Gasteiger partial charge in [-0.25, -0.2) is 0 Å². The lowest BCUT2D eigenvalue weighted by atomic mass is 9.90. The third kappa shape index (κ3) is 2.86. The van der Waals surface area contributed by atoms with Crippen LogP contribution in [0.3, 0.4) is 0 Å². The van der Waals surface area contributed by atoms with Crippen molar-refractivity contribution in [3.63, 3.8) is 0 Å². The molecule has 1 rings (SSSR count). The van der Waals surface area contributed by atoms with E-state index in [-0.39, 0.29) is 5.12 Å². The Labute approximate surface area is 72.9 Å². The molecule has 0 aliphatic heterocycles. The molecule has 0 saturated heterocycles. The third-order valence-electron chi connectivity index (χ3n) is 2.35. The minimum Gasteiger partial charge on any atom is -0.288 e. The molecule has 0 amide bonds. The summed E-state index contributed by atoms with van der Waals surface area (Å²) in [5.41, 5.74) is 0. The second-order valence-corrected chi connectivity index (χ2v) is 4.83. The fourth-order valence-corrected chi connectivity index (χ4v) is 2.75. The fraction of sp³-hybridized carbons (Fsp3) is 0.889. The smallest absolute Gasteiger partial charge is 0.186 e. The number of thioether (sulfide) groups is 1. The predicted molar refractivity (Wildman–Crippen MR) is 49.7 cm³/mol. The van der Waals surface area contributed by atoms with E-state index in [1.165, 1.54) is 25.7 Å². The van der Waals surface area contributed by atoms with Gasteiger partial charge in [0.05, 0.1) is 0 Å². The minimum absolute atomic E-state index is 0.281. The average Bonchev–Trinajstić information content (AvgIpc) is 1.93. The lowest BCUT2D eigenvalue weighted by Gasteiger charge is -2.26. The van der Waals surface area contributed by atoms with E-state index >= 15 is 0 Å². The fourth-order valence-electron chi connectivity index (χ4n) is 1.67. The van der Waals surface area contributed by atoms with E-state index < -0.39 is 0 Å². The maximum Gasteiger partial charge on any atom is 0.186 e. The molecule has 0 bridgehead atoms. The zero-order valence-electron chi connectivity index (χ0n) is 7.30. The SMILES string of the molecule is CC(=O)SC1CCCCC1C. The van der Waals surface area contributed by atoms with Gasteiger partial charge in [-0.1, -0.05) is 31.5 Å². The lowest BCUT2D eigenvalue weighted by Crippen LogP contribution is -2.20. The first-order valence-electron chi connectivity index (χ1n) is 4.37. The molecule has 64 valence electrons. The average molecular weight is 172 g/mol. The predicted octanol–water partition coefficient (Wildman–Crippen LogP) is 2.84. The van der Waals surface area contributed by atoms with E-state index in [0.717, 1.165) is 5.92 Å². The number of hydrogen-bond acceptors (Lipinski definition) is 2. The van der Waals surface area contributed by atoms with Gasteiger partial charge in [-0.15, -0.1) is 0 Å². The Morgan fingerprint density at radius 1 is 1.36 bits per heavy atom. The number of carbonyl (C=O) groups excluding carboxylic acids is 1. The summed E-state index contributed by atoms with van der Waals surface area (Å²) in [6, 6.07) is 0. The highest BCUT2D eigenvalue weighted by Gasteiger charge is 2.22. The van der Waals surface area contributed by atoms with Crippen molar-refractivity contribution in [2.75, 3.05) is 0 Å². The first-order chi connectivity index (χ1) is 5.20. The standard InChI is InChI=1S/C9H16OS/c1-7-5-3-4-6-9(7)11-8(2)10/h7,9H,3-6H2,1-2H3. The highest BCUT2D eigenvalue weighted by molar-refractivity contribution is 8.14. The molecule has 1 saturated carbocycles. The third-order valence-corrected chi connectivity index (χ3v) is 3.69. The molecule has 0 aromatic carbocycles. The quantitative estimate of drug-likeness (QED) is 0.605. The van der Waals surface area contributed by atoms with Gasteiger partial charge >= 0.3 is 0 Å². The van der Waals surface area contributed by atoms with Gasteiger partial charge in [0.25, 0.3) is 0 Å². The summed E-state index contributed by atoms with van der Waals surface area (Å²) in [5, 5.41) is 0.894. The summed E-state index contributed by atoms with van der Waals surface area (Å²) in [6.07, 6.45) is 5.22. The maximum atomic E-state index is 10.8. The molecular weight excluding hydrogens is 156 g/mol. The normalized spacial score (nSPS) is 31.8. The molecular formula is C9H16OS. The molecule has 0 aromatic heterocycles. The highest BCUT2D eigenvalue weighted by Crippen LogP contribution is 2.33. The van der Waals surface area contributed by atoms with Crippen molar-refractivity contribution in [3.05, 3.63) is 0 Å². The van der Waals surface area contributed by atoms with Gasteiger partial charge in [0.15, 0.2) is 5.12 Å². The number of carbonyl (C=O) groups is 1. The van der Waals surface area contributed by atoms with E-state index in [1.807, 2.05) is 0 Å². The monoisotopic (exact) mass is 172 g/mol. The van der Waals surface area contributed by atoms with Crippen molar-refractivity contribution in [1.29, 1.82) is 0 Å². The van der Waals surface area contributed by atoms with E-state index in [9.17, 15) is 4.79 Å². The van der Waals surface area contributed by atoms with Crippen LogP contribution in [0, 0.1) is 5.92 Å². The molecule has 0 heterocycles. The van der Waals surface area contributed by atoms with E-state index in [1.54, 1.807) is 18.7 Å². The van der Waals surface area contributed by atoms with Crippen molar-refractivity contribution in [3.8, 4) is 0 Å². The van der Waals surface area contributed by atoms with Crippen LogP contribution >= 0.6 is 11.8 Å². The van der Waals surface area contributed by atoms with Gasteiger partial charge in [0, 0.05) is 12.2 Å². The highest BCUT2D eigenvalue weighted by atomic mass is 32.2. The molecule has 0 spiro atoms. The van der Waals surface area contributed by atoms with Crippen LogP contribution in [0.2, 0.25) is 0 Å². The molecule has 1 fully saturated rings. The molecule has 11 heavy (non-hydrogen) atoms. The van der Waals surface area contributed by atoms with Gasteiger partial charge in [0.1, 0.15) is 0 Å². The second-order valence-electron chi connectivity index (χ2n) is 3.41. The zero-order valence-corrected chi connectivity index (χ0v) is 8.12. The summed E-state index contributed by atoms with van der Waals surface area (Å²) < 4.78 is 0. The van der Waals surface area contributed by atoms with E-state index in [4.69, 9.17) is 0 Å². The first-order valence-corrected chi connectivity index (χ1v) is 5.25. The molecule has 1 aliphatic carbocycles. The Morgan fingerprint density at radius 3 is 2.55 bits per heavy atom. The molecule has 0 radical (unpaired) electrons. The number of hydrogen-bond donors (Lipinski definition) is 0. The molecule has 2 heteroatoms. The number of rotatable bonds is 1. The van der Waals surface area contributed by atoms with Crippen LogP contribution in [0.1, 0.15) is 39.5 Å². The Morgan fingerprint density at radius 2 is 2.00 bits per heavy atom. The lowest BCUT2D eigenvalue weighted by molar-refractivity contribution is -0.109. The van der Waals surface area contributed by atoms with Gasteiger partial charge in [-0.05, 0) is 18.8 Å². The molecule has 2 atom stereocenters. The van der Waals surface area contributed by atoms with Crippen LogP contribution in [-0.4, -0.2) is 10.4 Å². The Hall–Kier alpha value is 0.0200. The second kappa shape index (κ2) is 4.15. The van der Waals surface area contributed by atoms with Gasteiger partial charge in [-0.2, -0.15) is 0 Å². The maximum absolute atomic E-state index is 10.8. The molecule has 0 aromatic rings. The van der Waals surface area contributed by atoms with Crippen molar-refractivity contribution < 1.29 is 4.79 Å². The summed E-state index contributed by atoms with van der Waals surface area (Å²) in [5.74, 6) is 0.748. The molecule has 1 aliphatic rings. The zero-order chi connectivity index (χ0) is 8.27. The Kier molecular flexibility index (Phi) is 3.44. The first kappa shape index (κ1) is 9.11. The van der Waals surface area contributed by atoms with Gasteiger partial charge in [-0.3, -0.25) is 4.79 Å². The molecule has 0 N–H and O–H groups in total. The van der Waals surface area contributed by atoms with Crippen molar-refractivity contribution in [1.82, 2.24) is 0 Å². The molecule has 2 unspecified atom stereocenters. The van der Waals surface area contributed by atoms with Crippen LogP contribution in [0.15, 0.2) is 0 Å². The Balaban J connectivity index is 2.35. The minimum atomic E-state index is 0.281. The summed E-state index contributed by atoms with van der Waals surface area (Å²) in [7, 11) is 0. The Bertz CT molecular complexity index is 144. The van der Waals surface area contributed by atoms with Gasteiger partial charge < -0.3 is 0 Å². The van der Waals surface area contributed by atoms with E-state index in [2.05, 4.69) is 6.92 Å². The van der Waals surface area contributed by atoms with Crippen molar-refractivity contribution in [2.24, 2.45) is 5.92 Å². The summed E-state index contributed by atoms with van der Waals surface area (Å²) in [4.78, 5) is 10.8. The van der Waals surface area contributed by atoms with Gasteiger partial charge in [0.2, 0.25) is 0 Å². The van der Waals surface area contributed by atoms with Crippen LogP contribution in [0.25, 0.3) is 0 Å². The summed E-state index contributed by atoms with van der Waals surface area (Å²) in [6.45, 7) is 3.94. The van der Waals surface area contributed by atoms with Crippen LogP contribution in [0.4, 0.5) is 0 Å². The summed E-state index contributed by atoms with van der Waals surface area (Å²) >= 11 is 1.54. The van der Waals surface area contributed by atoms with Crippen LogP contribution in [-0.2, 0) is 4.79 Å². The van der Waals surface area contributed by atoms with Crippen LogP contribution < -0.4 is 0 Å². The largest absolute Gasteiger partial charge is 0.288 e. The molecule has 1 nitrogen and oxygen atoms in total. The van der Waals surface area contributed by atoms with Crippen molar-refractivity contribution >= 4 is 16.9 Å². The van der Waals surface area contributed by atoms with E-state index in [0.29, 0.717) is 5.25 Å². The van der Waals surface area contributed by atoms with Crippen molar-refractivity contribution in [2.45, 2.75) is 44.8 Å². The van der Waals surface area contributed by atoms with Crippen LogP contribution in [0.5, 0.6) is 0 Å².